The minimum Gasteiger partial charge on any atom is -0.352 e. The summed E-state index contributed by atoms with van der Waals surface area (Å²) in [5, 5.41) is 2.93. The Hall–Kier alpha value is -2.62. The number of rotatable bonds is 5. The van der Waals surface area contributed by atoms with Gasteiger partial charge in [0.2, 0.25) is 11.8 Å². The molecule has 24 heavy (non-hydrogen) atoms. The van der Waals surface area contributed by atoms with Crippen molar-refractivity contribution in [3.05, 3.63) is 65.7 Å². The van der Waals surface area contributed by atoms with Gasteiger partial charge < -0.3 is 10.2 Å². The van der Waals surface area contributed by atoms with Crippen LogP contribution in [0.3, 0.4) is 0 Å². The summed E-state index contributed by atoms with van der Waals surface area (Å²) in [4.78, 5) is 26.3. The van der Waals surface area contributed by atoms with E-state index in [1.165, 1.54) is 5.56 Å². The molecule has 1 fully saturated rings. The fraction of sp³-hybridized carbons (Fsp3) is 0.300. The van der Waals surface area contributed by atoms with Crippen molar-refractivity contribution in [3.63, 3.8) is 0 Å². The summed E-state index contributed by atoms with van der Waals surface area (Å²) < 4.78 is 0. The zero-order chi connectivity index (χ0) is 16.9. The van der Waals surface area contributed by atoms with Gasteiger partial charge in [-0.25, -0.2) is 0 Å². The van der Waals surface area contributed by atoms with Crippen LogP contribution >= 0.6 is 0 Å². The maximum absolute atomic E-state index is 12.4. The first kappa shape index (κ1) is 16.2. The average molecular weight is 322 g/mol. The van der Waals surface area contributed by atoms with Crippen molar-refractivity contribution in [1.29, 1.82) is 0 Å². The van der Waals surface area contributed by atoms with Gasteiger partial charge in [-0.3, -0.25) is 9.59 Å². The molecular weight excluding hydrogens is 300 g/mol. The van der Waals surface area contributed by atoms with Gasteiger partial charge in [-0.15, -0.1) is 0 Å². The van der Waals surface area contributed by atoms with E-state index >= 15 is 0 Å². The van der Waals surface area contributed by atoms with Crippen LogP contribution in [0.4, 0.5) is 5.69 Å². The predicted molar refractivity (Wildman–Crippen MR) is 94.6 cm³/mol. The number of carbonyl (C=O) groups excluding carboxylic acids is 2. The van der Waals surface area contributed by atoms with Crippen LogP contribution < -0.4 is 10.2 Å². The Morgan fingerprint density at radius 1 is 1.08 bits per heavy atom. The normalized spacial score (nSPS) is 17.1. The molecule has 4 nitrogen and oxygen atoms in total. The second-order valence-corrected chi connectivity index (χ2v) is 6.13. The molecule has 2 amide bonds. The van der Waals surface area contributed by atoms with Crippen molar-refractivity contribution >= 4 is 17.5 Å². The van der Waals surface area contributed by atoms with E-state index in [-0.39, 0.29) is 24.2 Å². The minimum absolute atomic E-state index is 0.0131. The van der Waals surface area contributed by atoms with E-state index < -0.39 is 0 Å². The van der Waals surface area contributed by atoms with Crippen molar-refractivity contribution in [2.45, 2.75) is 26.3 Å². The summed E-state index contributed by atoms with van der Waals surface area (Å²) in [6.07, 6.45) is 1.24. The zero-order valence-corrected chi connectivity index (χ0v) is 13.9. The molecule has 1 N–H and O–H groups in total. The van der Waals surface area contributed by atoms with E-state index in [4.69, 9.17) is 0 Å². The average Bonchev–Trinajstić information content (AvgIpc) is 3.02. The number of anilines is 1. The van der Waals surface area contributed by atoms with Gasteiger partial charge in [0.05, 0.1) is 5.92 Å². The van der Waals surface area contributed by atoms with Gasteiger partial charge in [0, 0.05) is 25.2 Å². The van der Waals surface area contributed by atoms with Crippen LogP contribution in [0, 0.1) is 5.92 Å². The predicted octanol–water partition coefficient (Wildman–Crippen LogP) is 2.92. The summed E-state index contributed by atoms with van der Waals surface area (Å²) in [6.45, 7) is 3.05. The Balaban J connectivity index is 1.60. The Morgan fingerprint density at radius 2 is 1.79 bits per heavy atom. The number of amides is 2. The maximum atomic E-state index is 12.4. The topological polar surface area (TPSA) is 49.4 Å². The summed E-state index contributed by atoms with van der Waals surface area (Å²) in [6, 6.07) is 17.8. The molecule has 1 aliphatic rings. The van der Waals surface area contributed by atoms with Crippen molar-refractivity contribution in [2.24, 2.45) is 5.92 Å². The summed E-state index contributed by atoms with van der Waals surface area (Å²) in [5.41, 5.74) is 3.17. The van der Waals surface area contributed by atoms with Gasteiger partial charge in [-0.1, -0.05) is 49.4 Å². The molecular formula is C20H22N2O2. The third-order valence-corrected chi connectivity index (χ3v) is 4.46. The highest BCUT2D eigenvalue weighted by atomic mass is 16.2. The standard InChI is InChI=1S/C20H22N2O2/c1-2-15-8-10-18(11-9-15)22-14-17(12-19(22)23)20(24)21-13-16-6-4-3-5-7-16/h3-11,17H,2,12-14H2,1H3,(H,21,24). The number of hydrogen-bond donors (Lipinski definition) is 1. The molecule has 0 radical (unpaired) electrons. The molecule has 124 valence electrons. The fourth-order valence-electron chi connectivity index (χ4n) is 2.97. The molecule has 0 spiro atoms. The van der Waals surface area contributed by atoms with Crippen LogP contribution in [0.15, 0.2) is 54.6 Å². The van der Waals surface area contributed by atoms with Crippen LogP contribution in [-0.4, -0.2) is 18.4 Å². The van der Waals surface area contributed by atoms with Crippen LogP contribution in [0.5, 0.6) is 0 Å². The lowest BCUT2D eigenvalue weighted by atomic mass is 10.1. The number of nitrogens with one attached hydrogen (secondary N) is 1. The smallest absolute Gasteiger partial charge is 0.227 e. The molecule has 0 bridgehead atoms. The van der Waals surface area contributed by atoms with Gasteiger partial charge >= 0.3 is 0 Å². The molecule has 0 aliphatic carbocycles. The van der Waals surface area contributed by atoms with Crippen LogP contribution in [0.25, 0.3) is 0 Å². The lowest BCUT2D eigenvalue weighted by Crippen LogP contribution is -2.32. The highest BCUT2D eigenvalue weighted by Crippen LogP contribution is 2.25. The molecule has 1 aliphatic heterocycles. The molecule has 4 heteroatoms. The SMILES string of the molecule is CCc1ccc(N2CC(C(=O)NCc3ccccc3)CC2=O)cc1. The Morgan fingerprint density at radius 3 is 2.46 bits per heavy atom. The molecule has 1 saturated heterocycles. The second-order valence-electron chi connectivity index (χ2n) is 6.13. The molecule has 1 unspecified atom stereocenters. The van der Waals surface area contributed by atoms with E-state index in [9.17, 15) is 9.59 Å². The van der Waals surface area contributed by atoms with E-state index in [1.54, 1.807) is 4.90 Å². The van der Waals surface area contributed by atoms with Crippen molar-refractivity contribution in [2.75, 3.05) is 11.4 Å². The summed E-state index contributed by atoms with van der Waals surface area (Å²) in [5.74, 6) is -0.328. The number of aryl methyl sites for hydroxylation is 1. The maximum Gasteiger partial charge on any atom is 0.227 e. The molecule has 1 atom stereocenters. The van der Waals surface area contributed by atoms with Crippen molar-refractivity contribution in [1.82, 2.24) is 5.32 Å². The van der Waals surface area contributed by atoms with E-state index in [0.717, 1.165) is 17.7 Å². The summed E-state index contributed by atoms with van der Waals surface area (Å²) in [7, 11) is 0. The van der Waals surface area contributed by atoms with Crippen LogP contribution in [-0.2, 0) is 22.6 Å². The van der Waals surface area contributed by atoms with Gasteiger partial charge in [-0.05, 0) is 29.7 Å². The number of carbonyl (C=O) groups is 2. The van der Waals surface area contributed by atoms with Crippen LogP contribution in [0.2, 0.25) is 0 Å². The van der Waals surface area contributed by atoms with E-state index in [2.05, 4.69) is 12.2 Å². The van der Waals surface area contributed by atoms with Crippen molar-refractivity contribution < 1.29 is 9.59 Å². The van der Waals surface area contributed by atoms with Crippen molar-refractivity contribution in [3.8, 4) is 0 Å². The first-order valence-electron chi connectivity index (χ1n) is 8.38. The Bertz CT molecular complexity index is 710. The first-order valence-corrected chi connectivity index (χ1v) is 8.38. The first-order chi connectivity index (χ1) is 11.7. The molecule has 0 aromatic heterocycles. The van der Waals surface area contributed by atoms with Gasteiger partial charge in [0.1, 0.15) is 0 Å². The number of benzene rings is 2. The Kier molecular flexibility index (Phi) is 4.94. The van der Waals surface area contributed by atoms with Gasteiger partial charge in [-0.2, -0.15) is 0 Å². The van der Waals surface area contributed by atoms with E-state index in [0.29, 0.717) is 13.1 Å². The minimum atomic E-state index is -0.285. The van der Waals surface area contributed by atoms with Gasteiger partial charge in [0.15, 0.2) is 0 Å². The Labute approximate surface area is 142 Å². The molecule has 2 aromatic rings. The zero-order valence-electron chi connectivity index (χ0n) is 13.9. The fourth-order valence-corrected chi connectivity index (χ4v) is 2.97. The molecule has 0 saturated carbocycles. The lowest BCUT2D eigenvalue weighted by Gasteiger charge is -2.17. The monoisotopic (exact) mass is 322 g/mol. The number of nitrogens with zero attached hydrogens (tertiary/aromatic N) is 1. The molecule has 3 rings (SSSR count). The van der Waals surface area contributed by atoms with E-state index in [1.807, 2.05) is 54.6 Å². The van der Waals surface area contributed by atoms with Crippen LogP contribution in [0.1, 0.15) is 24.5 Å². The molecule has 2 aromatic carbocycles. The third kappa shape index (κ3) is 3.65. The quantitative estimate of drug-likeness (QED) is 0.920. The van der Waals surface area contributed by atoms with Gasteiger partial charge in [0.25, 0.3) is 0 Å². The highest BCUT2D eigenvalue weighted by molar-refractivity contribution is 6.00. The highest BCUT2D eigenvalue weighted by Gasteiger charge is 2.34. The third-order valence-electron chi connectivity index (χ3n) is 4.46. The largest absolute Gasteiger partial charge is 0.352 e. The second kappa shape index (κ2) is 7.30. The summed E-state index contributed by atoms with van der Waals surface area (Å²) >= 11 is 0. The number of hydrogen-bond acceptors (Lipinski definition) is 2. The lowest BCUT2D eigenvalue weighted by molar-refractivity contribution is -0.126. The molecule has 1 heterocycles.